The number of rotatable bonds is 1. The van der Waals surface area contributed by atoms with E-state index in [0.29, 0.717) is 26.2 Å². The van der Waals surface area contributed by atoms with Crippen LogP contribution in [0.2, 0.25) is 0 Å². The Morgan fingerprint density at radius 3 is 3.20 bits per heavy atom. The Kier molecular flexibility index (Phi) is 1.82. The van der Waals surface area contributed by atoms with Crippen LogP contribution in [0.1, 0.15) is 23.6 Å². The van der Waals surface area contributed by atoms with E-state index in [4.69, 9.17) is 9.84 Å². The number of nitrogens with zero attached hydrogens (tertiary/aromatic N) is 2. The molecule has 1 N–H and O–H groups in total. The third kappa shape index (κ3) is 1.26. The van der Waals surface area contributed by atoms with Gasteiger partial charge in [-0.1, -0.05) is 0 Å². The Morgan fingerprint density at radius 2 is 2.40 bits per heavy atom. The lowest BCUT2D eigenvalue weighted by Gasteiger charge is -2.21. The molecule has 0 radical (unpaired) electrons. The number of carboxylic acid groups (broad SMARTS) is 1. The molecule has 0 aromatic carbocycles. The van der Waals surface area contributed by atoms with Crippen LogP contribution in [0.4, 0.5) is 0 Å². The fourth-order valence-corrected chi connectivity index (χ4v) is 2.34. The van der Waals surface area contributed by atoms with Gasteiger partial charge in [-0.05, 0) is 6.42 Å². The molecule has 5 heteroatoms. The third-order valence-corrected chi connectivity index (χ3v) is 3.18. The van der Waals surface area contributed by atoms with E-state index in [-0.39, 0.29) is 5.92 Å². The number of fused-ring (bicyclic) bond motifs is 3. The van der Waals surface area contributed by atoms with E-state index in [2.05, 4.69) is 4.98 Å². The molecule has 1 unspecified atom stereocenters. The van der Waals surface area contributed by atoms with E-state index in [1.54, 1.807) is 0 Å². The maximum Gasteiger partial charge on any atom is 0.308 e. The second-order valence-corrected chi connectivity index (χ2v) is 4.10. The molecule has 5 nitrogen and oxygen atoms in total. The predicted molar refractivity (Wildman–Crippen MR) is 50.2 cm³/mol. The lowest BCUT2D eigenvalue weighted by molar-refractivity contribution is -0.142. The number of aliphatic carboxylic acids is 1. The number of aromatic nitrogens is 2. The van der Waals surface area contributed by atoms with E-state index in [0.717, 1.165) is 23.6 Å². The second kappa shape index (κ2) is 3.06. The van der Waals surface area contributed by atoms with Crippen LogP contribution < -0.4 is 0 Å². The van der Waals surface area contributed by atoms with Crippen molar-refractivity contribution in [2.45, 2.75) is 32.6 Å². The summed E-state index contributed by atoms with van der Waals surface area (Å²) in [5, 5.41) is 8.98. The van der Waals surface area contributed by atoms with Crippen molar-refractivity contribution in [1.82, 2.24) is 9.55 Å². The molecule has 15 heavy (non-hydrogen) atoms. The van der Waals surface area contributed by atoms with Crippen LogP contribution in [0.25, 0.3) is 0 Å². The largest absolute Gasteiger partial charge is 0.481 e. The van der Waals surface area contributed by atoms with Gasteiger partial charge in [0.25, 0.3) is 0 Å². The first-order valence-corrected chi connectivity index (χ1v) is 5.13. The Bertz CT molecular complexity index is 425. The number of carbonyl (C=O) groups is 1. The van der Waals surface area contributed by atoms with E-state index >= 15 is 0 Å². The van der Waals surface area contributed by atoms with E-state index in [9.17, 15) is 4.79 Å². The quantitative estimate of drug-likeness (QED) is 0.732. The van der Waals surface area contributed by atoms with Gasteiger partial charge in [-0.3, -0.25) is 4.79 Å². The summed E-state index contributed by atoms with van der Waals surface area (Å²) in [4.78, 5) is 15.4. The Hall–Kier alpha value is -1.36. The van der Waals surface area contributed by atoms with E-state index in [1.165, 1.54) is 0 Å². The minimum Gasteiger partial charge on any atom is -0.481 e. The molecule has 0 saturated heterocycles. The minimum absolute atomic E-state index is 0.267. The standard InChI is InChI=1S/C10H12N2O3/c13-10(14)6-1-2-9-11-7-4-15-5-8(7)12(9)3-6/h6H,1-5H2,(H,13,14). The Labute approximate surface area is 86.7 Å². The zero-order chi connectivity index (χ0) is 10.4. The van der Waals surface area contributed by atoms with Gasteiger partial charge in [0.1, 0.15) is 5.82 Å². The van der Waals surface area contributed by atoms with Gasteiger partial charge in [-0.25, -0.2) is 4.98 Å². The number of imidazole rings is 1. The summed E-state index contributed by atoms with van der Waals surface area (Å²) in [6.07, 6.45) is 1.47. The molecular formula is C10H12N2O3. The molecule has 0 bridgehead atoms. The molecule has 3 heterocycles. The van der Waals surface area contributed by atoms with Crippen LogP contribution in [0, 0.1) is 5.92 Å². The zero-order valence-electron chi connectivity index (χ0n) is 8.27. The van der Waals surface area contributed by atoms with Crippen molar-refractivity contribution in [1.29, 1.82) is 0 Å². The van der Waals surface area contributed by atoms with Gasteiger partial charge >= 0.3 is 5.97 Å². The van der Waals surface area contributed by atoms with Crippen molar-refractivity contribution in [3.05, 3.63) is 17.2 Å². The molecule has 1 aromatic heterocycles. The highest BCUT2D eigenvalue weighted by atomic mass is 16.5. The minimum atomic E-state index is -0.706. The summed E-state index contributed by atoms with van der Waals surface area (Å²) in [6, 6.07) is 0. The zero-order valence-corrected chi connectivity index (χ0v) is 8.27. The first-order valence-electron chi connectivity index (χ1n) is 5.13. The summed E-state index contributed by atoms with van der Waals surface area (Å²) in [5.41, 5.74) is 2.08. The maximum absolute atomic E-state index is 10.9. The van der Waals surface area contributed by atoms with Gasteiger partial charge < -0.3 is 14.4 Å². The lowest BCUT2D eigenvalue weighted by Crippen LogP contribution is -2.27. The van der Waals surface area contributed by atoms with Crippen LogP contribution in [-0.2, 0) is 35.7 Å². The molecule has 80 valence electrons. The fraction of sp³-hybridized carbons (Fsp3) is 0.600. The van der Waals surface area contributed by atoms with Gasteiger partial charge in [0.2, 0.25) is 0 Å². The molecule has 2 aliphatic rings. The topological polar surface area (TPSA) is 64.3 Å². The molecule has 0 fully saturated rings. The van der Waals surface area contributed by atoms with Gasteiger partial charge in [0.05, 0.1) is 30.5 Å². The summed E-state index contributed by atoms with van der Waals surface area (Å²) >= 11 is 0. The molecule has 3 rings (SSSR count). The smallest absolute Gasteiger partial charge is 0.308 e. The highest BCUT2D eigenvalue weighted by Gasteiger charge is 2.30. The van der Waals surface area contributed by atoms with Gasteiger partial charge in [0, 0.05) is 13.0 Å². The van der Waals surface area contributed by atoms with Crippen molar-refractivity contribution in [2.75, 3.05) is 0 Å². The predicted octanol–water partition coefficient (Wildman–Crippen LogP) is 0.560. The normalized spacial score (nSPS) is 23.6. The van der Waals surface area contributed by atoms with Crippen molar-refractivity contribution >= 4 is 5.97 Å². The number of hydrogen-bond donors (Lipinski definition) is 1. The SMILES string of the molecule is O=C(O)C1CCc2nc3c(n2C1)COC3. The summed E-state index contributed by atoms with van der Waals surface area (Å²) < 4.78 is 7.32. The summed E-state index contributed by atoms with van der Waals surface area (Å²) in [5.74, 6) is 0.0548. The highest BCUT2D eigenvalue weighted by Crippen LogP contribution is 2.27. The maximum atomic E-state index is 10.9. The molecule has 0 saturated carbocycles. The second-order valence-electron chi connectivity index (χ2n) is 4.10. The molecule has 1 atom stereocenters. The molecule has 0 spiro atoms. The monoisotopic (exact) mass is 208 g/mol. The average Bonchev–Trinajstić information content (AvgIpc) is 2.75. The molecule has 2 aliphatic heterocycles. The van der Waals surface area contributed by atoms with Crippen LogP contribution in [0.3, 0.4) is 0 Å². The number of carboxylic acids is 1. The van der Waals surface area contributed by atoms with Crippen LogP contribution in [0.5, 0.6) is 0 Å². The lowest BCUT2D eigenvalue weighted by atomic mass is 10.00. The van der Waals surface area contributed by atoms with Crippen LogP contribution in [-0.4, -0.2) is 20.6 Å². The van der Waals surface area contributed by atoms with Gasteiger partial charge in [0.15, 0.2) is 0 Å². The average molecular weight is 208 g/mol. The Morgan fingerprint density at radius 1 is 1.53 bits per heavy atom. The van der Waals surface area contributed by atoms with Crippen molar-refractivity contribution in [3.8, 4) is 0 Å². The van der Waals surface area contributed by atoms with E-state index < -0.39 is 5.97 Å². The van der Waals surface area contributed by atoms with Crippen LogP contribution in [0.15, 0.2) is 0 Å². The van der Waals surface area contributed by atoms with Gasteiger partial charge in [-0.15, -0.1) is 0 Å². The Balaban J connectivity index is 1.97. The van der Waals surface area contributed by atoms with Crippen LogP contribution >= 0.6 is 0 Å². The van der Waals surface area contributed by atoms with E-state index in [1.807, 2.05) is 4.57 Å². The first-order chi connectivity index (χ1) is 7.25. The third-order valence-electron chi connectivity index (χ3n) is 3.18. The molecule has 0 amide bonds. The molecule has 0 aliphatic carbocycles. The first kappa shape index (κ1) is 8.91. The van der Waals surface area contributed by atoms with Crippen molar-refractivity contribution < 1.29 is 14.6 Å². The number of aryl methyl sites for hydroxylation is 1. The summed E-state index contributed by atoms with van der Waals surface area (Å²) in [6.45, 7) is 1.71. The summed E-state index contributed by atoms with van der Waals surface area (Å²) in [7, 11) is 0. The number of hydrogen-bond acceptors (Lipinski definition) is 3. The fourth-order valence-electron chi connectivity index (χ4n) is 2.34. The number of ether oxygens (including phenoxy) is 1. The van der Waals surface area contributed by atoms with Crippen molar-refractivity contribution in [2.24, 2.45) is 5.92 Å². The van der Waals surface area contributed by atoms with Gasteiger partial charge in [-0.2, -0.15) is 0 Å². The van der Waals surface area contributed by atoms with Crippen molar-refractivity contribution in [3.63, 3.8) is 0 Å². The highest BCUT2D eigenvalue weighted by molar-refractivity contribution is 5.70. The molecule has 1 aromatic rings. The molecular weight excluding hydrogens is 196 g/mol.